The molecule has 2 heterocycles. The van der Waals surface area contributed by atoms with Crippen molar-refractivity contribution in [3.05, 3.63) is 53.5 Å². The highest BCUT2D eigenvalue weighted by Crippen LogP contribution is 2.25. The molecular weight excluding hydrogens is 282 g/mol. The van der Waals surface area contributed by atoms with E-state index in [-0.39, 0.29) is 0 Å². The van der Waals surface area contributed by atoms with Crippen LogP contribution in [-0.4, -0.2) is 14.8 Å². The second kappa shape index (κ2) is 5.86. The van der Waals surface area contributed by atoms with Gasteiger partial charge in [-0.15, -0.1) is 11.6 Å². The maximum Gasteiger partial charge on any atom is 0.161 e. The maximum atomic E-state index is 6.03. The Morgan fingerprint density at radius 2 is 1.86 bits per heavy atom. The first kappa shape index (κ1) is 14.1. The average Bonchev–Trinajstić information content (AvgIpc) is 2.97. The van der Waals surface area contributed by atoms with Crippen LogP contribution < -0.4 is 0 Å². The Bertz CT molecular complexity index is 777. The zero-order valence-electron chi connectivity index (χ0n) is 12.3. The number of rotatable bonds is 4. The number of hydrogen-bond acceptors (Lipinski definition) is 2. The van der Waals surface area contributed by atoms with E-state index < -0.39 is 0 Å². The normalized spacial score (nSPS) is 11.2. The Balaban J connectivity index is 2.28. The summed E-state index contributed by atoms with van der Waals surface area (Å²) >= 11 is 6.03. The molecule has 0 spiro atoms. The minimum Gasteiger partial charge on any atom is -0.236 e. The molecule has 0 aliphatic rings. The van der Waals surface area contributed by atoms with Gasteiger partial charge in [-0.05, 0) is 29.9 Å². The second-order valence-electron chi connectivity index (χ2n) is 5.03. The van der Waals surface area contributed by atoms with Crippen molar-refractivity contribution in [2.45, 2.75) is 32.6 Å². The first-order chi connectivity index (χ1) is 10.3. The molecule has 0 N–H and O–H groups in total. The van der Waals surface area contributed by atoms with Gasteiger partial charge in [-0.3, -0.25) is 0 Å². The minimum absolute atomic E-state index is 0.466. The van der Waals surface area contributed by atoms with Crippen molar-refractivity contribution in [2.75, 3.05) is 0 Å². The summed E-state index contributed by atoms with van der Waals surface area (Å²) in [5, 5.41) is 6.94. The third-order valence-electron chi connectivity index (χ3n) is 3.76. The van der Waals surface area contributed by atoms with E-state index in [1.807, 2.05) is 23.0 Å². The van der Waals surface area contributed by atoms with E-state index in [2.05, 4.69) is 37.0 Å². The SMILES string of the molecule is CCc1cc(CC)n(-c2ncc(CCl)c3ccccc23)n1. The summed E-state index contributed by atoms with van der Waals surface area (Å²) in [6.07, 6.45) is 3.72. The summed E-state index contributed by atoms with van der Waals surface area (Å²) in [5.74, 6) is 1.35. The van der Waals surface area contributed by atoms with Crippen LogP contribution in [0.4, 0.5) is 0 Å². The molecular formula is C17H18ClN3. The van der Waals surface area contributed by atoms with Crippen LogP contribution in [0.1, 0.15) is 30.8 Å². The molecule has 0 atom stereocenters. The average molecular weight is 300 g/mol. The number of halogens is 1. The van der Waals surface area contributed by atoms with Crippen LogP contribution in [0.2, 0.25) is 0 Å². The molecule has 0 amide bonds. The van der Waals surface area contributed by atoms with E-state index in [9.17, 15) is 0 Å². The van der Waals surface area contributed by atoms with Gasteiger partial charge in [0, 0.05) is 23.2 Å². The number of hydrogen-bond donors (Lipinski definition) is 0. The number of alkyl halides is 1. The van der Waals surface area contributed by atoms with Crippen molar-refractivity contribution in [1.82, 2.24) is 14.8 Å². The van der Waals surface area contributed by atoms with Gasteiger partial charge in [0.05, 0.1) is 5.69 Å². The van der Waals surface area contributed by atoms with E-state index in [1.165, 1.54) is 5.69 Å². The van der Waals surface area contributed by atoms with E-state index in [0.29, 0.717) is 5.88 Å². The van der Waals surface area contributed by atoms with Gasteiger partial charge in [0.25, 0.3) is 0 Å². The first-order valence-corrected chi connectivity index (χ1v) is 7.82. The van der Waals surface area contributed by atoms with Gasteiger partial charge < -0.3 is 0 Å². The van der Waals surface area contributed by atoms with Crippen LogP contribution in [0.15, 0.2) is 36.5 Å². The largest absolute Gasteiger partial charge is 0.236 e. The van der Waals surface area contributed by atoms with Crippen molar-refractivity contribution in [3.63, 3.8) is 0 Å². The number of aromatic nitrogens is 3. The molecule has 0 radical (unpaired) electrons. The van der Waals surface area contributed by atoms with Gasteiger partial charge in [0.15, 0.2) is 5.82 Å². The lowest BCUT2D eigenvalue weighted by Crippen LogP contribution is -2.05. The lowest BCUT2D eigenvalue weighted by atomic mass is 10.1. The Kier molecular flexibility index (Phi) is 3.93. The fourth-order valence-corrected chi connectivity index (χ4v) is 2.81. The van der Waals surface area contributed by atoms with Gasteiger partial charge in [0.2, 0.25) is 0 Å². The van der Waals surface area contributed by atoms with Crippen molar-refractivity contribution in [2.24, 2.45) is 0 Å². The van der Waals surface area contributed by atoms with Crippen molar-refractivity contribution < 1.29 is 0 Å². The zero-order valence-corrected chi connectivity index (χ0v) is 13.1. The molecule has 0 saturated heterocycles. The highest BCUT2D eigenvalue weighted by atomic mass is 35.5. The Hall–Kier alpha value is -1.87. The van der Waals surface area contributed by atoms with E-state index in [4.69, 9.17) is 16.7 Å². The summed E-state index contributed by atoms with van der Waals surface area (Å²) in [7, 11) is 0. The molecule has 3 aromatic rings. The topological polar surface area (TPSA) is 30.7 Å². The van der Waals surface area contributed by atoms with Crippen molar-refractivity contribution in [1.29, 1.82) is 0 Å². The molecule has 0 aliphatic heterocycles. The fraction of sp³-hybridized carbons (Fsp3) is 0.294. The van der Waals surface area contributed by atoms with Crippen LogP contribution >= 0.6 is 11.6 Å². The van der Waals surface area contributed by atoms with Gasteiger partial charge in [-0.25, -0.2) is 9.67 Å². The lowest BCUT2D eigenvalue weighted by Gasteiger charge is -2.11. The molecule has 3 rings (SSSR count). The summed E-state index contributed by atoms with van der Waals surface area (Å²) in [6, 6.07) is 10.4. The predicted molar refractivity (Wildman–Crippen MR) is 87.2 cm³/mol. The van der Waals surface area contributed by atoms with Gasteiger partial charge in [0.1, 0.15) is 0 Å². The summed E-state index contributed by atoms with van der Waals surface area (Å²) in [4.78, 5) is 4.62. The van der Waals surface area contributed by atoms with Crippen molar-refractivity contribution in [3.8, 4) is 5.82 Å². The number of aryl methyl sites for hydroxylation is 2. The Morgan fingerprint density at radius 1 is 1.10 bits per heavy atom. The molecule has 1 aromatic carbocycles. The number of benzene rings is 1. The van der Waals surface area contributed by atoms with Crippen LogP contribution in [0.25, 0.3) is 16.6 Å². The highest BCUT2D eigenvalue weighted by molar-refractivity contribution is 6.18. The van der Waals surface area contributed by atoms with E-state index in [1.54, 1.807) is 0 Å². The molecule has 0 bridgehead atoms. The molecule has 0 unspecified atom stereocenters. The maximum absolute atomic E-state index is 6.03. The fourth-order valence-electron chi connectivity index (χ4n) is 2.59. The molecule has 0 fully saturated rings. The summed E-state index contributed by atoms with van der Waals surface area (Å²) in [5.41, 5.74) is 3.33. The molecule has 3 nitrogen and oxygen atoms in total. The van der Waals surface area contributed by atoms with Crippen LogP contribution in [0.5, 0.6) is 0 Å². The van der Waals surface area contributed by atoms with Gasteiger partial charge >= 0.3 is 0 Å². The lowest BCUT2D eigenvalue weighted by molar-refractivity contribution is 0.778. The van der Waals surface area contributed by atoms with Gasteiger partial charge in [-0.2, -0.15) is 5.10 Å². The monoisotopic (exact) mass is 299 g/mol. The van der Waals surface area contributed by atoms with Gasteiger partial charge in [-0.1, -0.05) is 38.1 Å². The van der Waals surface area contributed by atoms with Crippen LogP contribution in [-0.2, 0) is 18.7 Å². The highest BCUT2D eigenvalue weighted by Gasteiger charge is 2.13. The third kappa shape index (κ3) is 2.42. The second-order valence-corrected chi connectivity index (χ2v) is 5.30. The first-order valence-electron chi connectivity index (χ1n) is 7.29. The molecule has 2 aromatic heterocycles. The predicted octanol–water partition coefficient (Wildman–Crippen LogP) is 4.28. The zero-order chi connectivity index (χ0) is 14.8. The third-order valence-corrected chi connectivity index (χ3v) is 4.05. The molecule has 4 heteroatoms. The quantitative estimate of drug-likeness (QED) is 0.673. The molecule has 108 valence electrons. The smallest absolute Gasteiger partial charge is 0.161 e. The minimum atomic E-state index is 0.466. The summed E-state index contributed by atoms with van der Waals surface area (Å²) < 4.78 is 1.97. The molecule has 21 heavy (non-hydrogen) atoms. The summed E-state index contributed by atoms with van der Waals surface area (Å²) in [6.45, 7) is 4.26. The number of pyridine rings is 1. The number of fused-ring (bicyclic) bond motifs is 1. The molecule has 0 saturated carbocycles. The van der Waals surface area contributed by atoms with E-state index in [0.717, 1.165) is 40.7 Å². The standard InChI is InChI=1S/C17H18ClN3/c1-3-13-9-14(4-2)21(20-13)17-16-8-6-5-7-15(16)12(10-18)11-19-17/h5-9,11H,3-4,10H2,1-2H3. The van der Waals surface area contributed by atoms with Crippen LogP contribution in [0, 0.1) is 0 Å². The Labute approximate surface area is 129 Å². The Morgan fingerprint density at radius 3 is 2.52 bits per heavy atom. The molecule has 0 aliphatic carbocycles. The van der Waals surface area contributed by atoms with E-state index >= 15 is 0 Å². The number of nitrogens with zero attached hydrogens (tertiary/aromatic N) is 3. The van der Waals surface area contributed by atoms with Crippen molar-refractivity contribution >= 4 is 22.4 Å². The van der Waals surface area contributed by atoms with Crippen LogP contribution in [0.3, 0.4) is 0 Å².